The fourth-order valence-electron chi connectivity index (χ4n) is 4.90. The zero-order valence-corrected chi connectivity index (χ0v) is 25.4. The Morgan fingerprint density at radius 1 is 1.12 bits per heavy atom. The van der Waals surface area contributed by atoms with Crippen LogP contribution in [0.15, 0.2) is 61.3 Å². The second-order valence-electron chi connectivity index (χ2n) is 11.6. The smallest absolute Gasteiger partial charge is 0.236 e. The number of nitrogens with one attached hydrogen (secondary N) is 1. The summed E-state index contributed by atoms with van der Waals surface area (Å²) in [5, 5.41) is 16.7. The number of likely N-dealkylation sites (N-methyl/N-ethyl adjacent to an activating group) is 1. The Labute approximate surface area is 253 Å². The molecule has 0 bridgehead atoms. The number of hydrogen-bond acceptors (Lipinski definition) is 11. The zero-order chi connectivity index (χ0) is 30.6. The molecular weight excluding hydrogens is 546 g/mol. The number of aromatic nitrogens is 3. The fraction of sp³-hybridized carbons (Fsp3) is 0.419. The summed E-state index contributed by atoms with van der Waals surface area (Å²) in [5.74, 6) is 1.84. The first-order chi connectivity index (χ1) is 20.7. The number of fused-ring (bicyclic) bond motifs is 1. The molecule has 0 saturated carbocycles. The first kappa shape index (κ1) is 30.4. The molecule has 0 aliphatic carbocycles. The van der Waals surface area contributed by atoms with Crippen LogP contribution in [0.4, 0.5) is 29.0 Å². The highest BCUT2D eigenvalue weighted by atomic mass is 16.7. The van der Waals surface area contributed by atoms with Crippen molar-refractivity contribution in [1.82, 2.24) is 29.9 Å². The molecule has 228 valence electrons. The topological polar surface area (TPSA) is 113 Å². The molecule has 1 aromatic carbocycles. The molecule has 1 amide bonds. The molecule has 3 aromatic rings. The second-order valence-corrected chi connectivity index (χ2v) is 11.6. The van der Waals surface area contributed by atoms with Crippen LogP contribution in [0.5, 0.6) is 0 Å². The van der Waals surface area contributed by atoms with E-state index in [2.05, 4.69) is 38.8 Å². The number of nitrogens with zero attached hydrogens (tertiary/aromatic N) is 8. The summed E-state index contributed by atoms with van der Waals surface area (Å²) in [6.07, 6.45) is 3.52. The van der Waals surface area contributed by atoms with Crippen molar-refractivity contribution in [3.8, 4) is 0 Å². The highest BCUT2D eigenvalue weighted by Gasteiger charge is 2.31. The third-order valence-corrected chi connectivity index (χ3v) is 7.68. The molecule has 2 aromatic heterocycles. The zero-order valence-electron chi connectivity index (χ0n) is 25.4. The van der Waals surface area contributed by atoms with Gasteiger partial charge in [0.2, 0.25) is 11.9 Å². The third-order valence-electron chi connectivity index (χ3n) is 7.68. The Balaban J connectivity index is 1.32. The third kappa shape index (κ3) is 6.94. The number of aliphatic hydroxyl groups excluding tert-OH is 1. The van der Waals surface area contributed by atoms with Gasteiger partial charge in [0.25, 0.3) is 0 Å². The van der Waals surface area contributed by atoms with Crippen molar-refractivity contribution < 1.29 is 14.7 Å². The molecule has 2 aliphatic heterocycles. The van der Waals surface area contributed by atoms with Gasteiger partial charge in [-0.3, -0.25) is 14.5 Å². The van der Waals surface area contributed by atoms with E-state index in [1.807, 2.05) is 49.2 Å². The molecular formula is C31H41N9O3. The summed E-state index contributed by atoms with van der Waals surface area (Å²) in [6.45, 7) is 12.4. The van der Waals surface area contributed by atoms with Crippen molar-refractivity contribution in [3.05, 3.63) is 72.6 Å². The van der Waals surface area contributed by atoms with E-state index in [9.17, 15) is 9.90 Å². The van der Waals surface area contributed by atoms with Crippen LogP contribution in [-0.4, -0.2) is 101 Å². The van der Waals surface area contributed by atoms with Gasteiger partial charge < -0.3 is 20.2 Å². The second kappa shape index (κ2) is 13.0. The van der Waals surface area contributed by atoms with Gasteiger partial charge in [-0.2, -0.15) is 4.98 Å². The number of hydrogen-bond donors (Lipinski definition) is 2. The average molecular weight is 588 g/mol. The maximum atomic E-state index is 12.1. The van der Waals surface area contributed by atoms with Gasteiger partial charge in [-0.15, -0.1) is 6.58 Å². The first-order valence-corrected chi connectivity index (χ1v) is 14.5. The molecule has 43 heavy (non-hydrogen) atoms. The number of carbonyl (C=O) groups is 1. The predicted octanol–water partition coefficient (Wildman–Crippen LogP) is 3.08. The van der Waals surface area contributed by atoms with Crippen molar-refractivity contribution in [3.63, 3.8) is 0 Å². The minimum atomic E-state index is -0.512. The van der Waals surface area contributed by atoms with Gasteiger partial charge in [-0.25, -0.2) is 15.0 Å². The predicted molar refractivity (Wildman–Crippen MR) is 167 cm³/mol. The van der Waals surface area contributed by atoms with Crippen LogP contribution >= 0.6 is 0 Å². The van der Waals surface area contributed by atoms with Gasteiger partial charge in [0, 0.05) is 68.8 Å². The Morgan fingerprint density at radius 3 is 2.53 bits per heavy atom. The van der Waals surface area contributed by atoms with E-state index in [-0.39, 0.29) is 12.5 Å². The monoisotopic (exact) mass is 587 g/mol. The number of anilines is 5. The Hall–Kier alpha value is -4.10. The summed E-state index contributed by atoms with van der Waals surface area (Å²) < 4.78 is 0. The number of piperazine rings is 1. The van der Waals surface area contributed by atoms with Gasteiger partial charge in [-0.1, -0.05) is 31.2 Å². The van der Waals surface area contributed by atoms with Crippen molar-refractivity contribution in [2.24, 2.45) is 0 Å². The van der Waals surface area contributed by atoms with E-state index < -0.39 is 5.41 Å². The molecule has 12 heteroatoms. The van der Waals surface area contributed by atoms with Crippen LogP contribution in [0.3, 0.4) is 0 Å². The molecule has 0 spiro atoms. The molecule has 4 heterocycles. The van der Waals surface area contributed by atoms with E-state index in [0.29, 0.717) is 37.3 Å². The first-order valence-electron chi connectivity index (χ1n) is 14.5. The van der Waals surface area contributed by atoms with Gasteiger partial charge in [-0.05, 0) is 36.4 Å². The number of hydrazine groups is 1. The Bertz CT molecular complexity index is 1420. The number of aliphatic hydroxyl groups is 1. The quantitative estimate of drug-likeness (QED) is 0.341. The lowest BCUT2D eigenvalue weighted by Crippen LogP contribution is -2.49. The number of pyridine rings is 1. The maximum Gasteiger partial charge on any atom is 0.236 e. The Morgan fingerprint density at radius 2 is 1.86 bits per heavy atom. The number of amides is 1. The average Bonchev–Trinajstić information content (AvgIpc) is 3.02. The van der Waals surface area contributed by atoms with Crippen LogP contribution in [0.1, 0.15) is 25.1 Å². The minimum Gasteiger partial charge on any atom is -0.395 e. The SMILES string of the molecule is C=CCN1OCc2cnc(Nc3ccc(N4CCN(CC(=O)N(C)C)CC4)cc3)nc2N1c1cccc(C(C)(C)CO)n1. The molecule has 0 radical (unpaired) electrons. The van der Waals surface area contributed by atoms with E-state index in [1.165, 1.54) is 0 Å². The van der Waals surface area contributed by atoms with Crippen LogP contribution in [-0.2, 0) is 21.7 Å². The summed E-state index contributed by atoms with van der Waals surface area (Å²) >= 11 is 0. The normalized spacial score (nSPS) is 16.1. The lowest BCUT2D eigenvalue weighted by Gasteiger charge is -2.38. The fourth-order valence-corrected chi connectivity index (χ4v) is 4.90. The van der Waals surface area contributed by atoms with E-state index in [0.717, 1.165) is 48.8 Å². The molecule has 5 rings (SSSR count). The summed E-state index contributed by atoms with van der Waals surface area (Å²) in [6, 6.07) is 13.9. The van der Waals surface area contributed by atoms with Gasteiger partial charge in [0.15, 0.2) is 11.6 Å². The van der Waals surface area contributed by atoms with Crippen LogP contribution < -0.4 is 15.2 Å². The van der Waals surface area contributed by atoms with Gasteiger partial charge >= 0.3 is 0 Å². The molecule has 12 nitrogen and oxygen atoms in total. The van der Waals surface area contributed by atoms with Crippen molar-refractivity contribution in [1.29, 1.82) is 0 Å². The number of rotatable bonds is 10. The van der Waals surface area contributed by atoms with Gasteiger partial charge in [0.1, 0.15) is 6.61 Å². The van der Waals surface area contributed by atoms with Crippen LogP contribution in [0.2, 0.25) is 0 Å². The summed E-state index contributed by atoms with van der Waals surface area (Å²) in [4.78, 5) is 38.5. The molecule has 2 aliphatic rings. The number of carbonyl (C=O) groups excluding carboxylic acids is 1. The standard InChI is InChI=1S/C31H41N9O3/c1-6-14-39-40(27-9-7-8-26(34-27)31(2,3)22-41)29-23(21-43-39)19-32-30(35-29)33-24-10-12-25(13-11-24)38-17-15-37(16-18-38)20-28(42)36(4)5/h6-13,19,41H,1,14-18,20-22H2,2-5H3,(H,32,33,35). The minimum absolute atomic E-state index is 0.0318. The molecule has 0 atom stereocenters. The molecule has 2 N–H and O–H groups in total. The van der Waals surface area contributed by atoms with E-state index in [4.69, 9.17) is 14.8 Å². The molecule has 0 unspecified atom stereocenters. The van der Waals surface area contributed by atoms with Crippen LogP contribution in [0.25, 0.3) is 0 Å². The maximum absolute atomic E-state index is 12.1. The lowest BCUT2D eigenvalue weighted by molar-refractivity contribution is -0.172. The summed E-state index contributed by atoms with van der Waals surface area (Å²) in [5.41, 5.74) is 3.07. The van der Waals surface area contributed by atoms with Crippen molar-refractivity contribution >= 4 is 34.9 Å². The molecule has 1 saturated heterocycles. The molecule has 1 fully saturated rings. The largest absolute Gasteiger partial charge is 0.395 e. The van der Waals surface area contributed by atoms with Gasteiger partial charge in [0.05, 0.1) is 25.4 Å². The number of benzene rings is 1. The highest BCUT2D eigenvalue weighted by molar-refractivity contribution is 5.77. The van der Waals surface area contributed by atoms with Crippen molar-refractivity contribution in [2.45, 2.75) is 25.9 Å². The Kier molecular flexibility index (Phi) is 9.21. The van der Waals surface area contributed by atoms with E-state index in [1.54, 1.807) is 36.4 Å². The lowest BCUT2D eigenvalue weighted by atomic mass is 9.90. The van der Waals surface area contributed by atoms with E-state index >= 15 is 0 Å². The van der Waals surface area contributed by atoms with Crippen LogP contribution in [0, 0.1) is 0 Å². The van der Waals surface area contributed by atoms with Crippen molar-refractivity contribution in [2.75, 3.05) is 75.2 Å². The summed E-state index contributed by atoms with van der Waals surface area (Å²) in [7, 11) is 3.59. The number of hydroxylamine groups is 1. The highest BCUT2D eigenvalue weighted by Crippen LogP contribution is 2.34.